The maximum Gasteiger partial charge on any atom is 0.383 e. The molecule has 11 nitrogen and oxygen atoms in total. The lowest BCUT2D eigenvalue weighted by Gasteiger charge is -2.39. The molecule has 6 rings (SSSR count). The van der Waals surface area contributed by atoms with Gasteiger partial charge in [0.15, 0.2) is 11.6 Å². The molecule has 2 bridgehead atoms. The van der Waals surface area contributed by atoms with Crippen molar-refractivity contribution in [3.05, 3.63) is 18.3 Å². The molecule has 2 saturated carbocycles. The Morgan fingerprint density at radius 3 is 2.57 bits per heavy atom. The summed E-state index contributed by atoms with van der Waals surface area (Å²) in [6.45, 7) is 3.87. The summed E-state index contributed by atoms with van der Waals surface area (Å²) >= 11 is 0. The van der Waals surface area contributed by atoms with Gasteiger partial charge in [0.1, 0.15) is 24.3 Å². The molecule has 1 aromatic rings. The number of halogens is 5. The summed E-state index contributed by atoms with van der Waals surface area (Å²) in [4.78, 5) is 60.6. The topological polar surface area (TPSA) is 145 Å². The van der Waals surface area contributed by atoms with E-state index in [1.54, 1.807) is 17.4 Å². The quantitative estimate of drug-likeness (QED) is 0.466. The van der Waals surface area contributed by atoms with Gasteiger partial charge in [0, 0.05) is 19.2 Å². The van der Waals surface area contributed by atoms with E-state index in [0.717, 1.165) is 9.80 Å². The number of aromatic nitrogens is 1. The molecule has 248 valence electrons. The Morgan fingerprint density at radius 2 is 1.91 bits per heavy atom. The average molecular weight is 653 g/mol. The highest BCUT2D eigenvalue weighted by Gasteiger charge is 2.65. The zero-order valence-corrected chi connectivity index (χ0v) is 25.2. The fourth-order valence-corrected chi connectivity index (χ4v) is 8.06. The number of ether oxygens (including phenoxy) is 1. The molecule has 0 aromatic carbocycles. The number of carbonyl (C=O) groups excluding carboxylic acids is 4. The summed E-state index contributed by atoms with van der Waals surface area (Å²) in [6.07, 6.45) is -3.65. The second kappa shape index (κ2) is 10.8. The van der Waals surface area contributed by atoms with Gasteiger partial charge in [0.25, 0.3) is 11.8 Å². The van der Waals surface area contributed by atoms with Gasteiger partial charge in [-0.2, -0.15) is 14.0 Å². The first kappa shape index (κ1) is 31.9. The van der Waals surface area contributed by atoms with Gasteiger partial charge in [-0.15, -0.1) is 0 Å². The van der Waals surface area contributed by atoms with E-state index in [-0.39, 0.29) is 49.3 Å². The van der Waals surface area contributed by atoms with Gasteiger partial charge in [-0.25, -0.2) is 18.2 Å². The van der Waals surface area contributed by atoms with E-state index < -0.39 is 83.1 Å². The van der Waals surface area contributed by atoms with Gasteiger partial charge in [0.2, 0.25) is 17.4 Å². The van der Waals surface area contributed by atoms with E-state index in [0.29, 0.717) is 6.42 Å². The molecule has 4 fully saturated rings. The summed E-state index contributed by atoms with van der Waals surface area (Å²) in [6, 6.07) is 0.854. The van der Waals surface area contributed by atoms with Crippen LogP contribution in [0.5, 0.6) is 5.75 Å². The van der Waals surface area contributed by atoms with Gasteiger partial charge in [0.05, 0.1) is 12.6 Å². The third kappa shape index (κ3) is 4.84. The van der Waals surface area contributed by atoms with Crippen molar-refractivity contribution < 1.29 is 45.9 Å². The Morgan fingerprint density at radius 1 is 1.20 bits per heavy atom. The van der Waals surface area contributed by atoms with Gasteiger partial charge < -0.3 is 25.2 Å². The summed E-state index contributed by atoms with van der Waals surface area (Å²) in [5.74, 6) is -11.2. The number of alkyl halides is 5. The molecule has 4 amide bonds. The van der Waals surface area contributed by atoms with Crippen LogP contribution in [-0.4, -0.2) is 93.7 Å². The SMILES string of the molecule is CC(C)(C)[C@H](NC(=O)C(F)(F)C(F)F)C(=O)N1CC2C([C@H]1C(=O)N1C[C@@]3(C[C@H]1C#N)Oc1cccnc1NC3=O)[C@@H]1C[C@H]2C[C@H]1F. The number of amides is 4. The van der Waals surface area contributed by atoms with E-state index in [4.69, 9.17) is 4.74 Å². The van der Waals surface area contributed by atoms with Crippen LogP contribution in [0, 0.1) is 40.4 Å². The first-order valence-corrected chi connectivity index (χ1v) is 15.1. The van der Waals surface area contributed by atoms with Crippen LogP contribution in [0.4, 0.5) is 27.8 Å². The van der Waals surface area contributed by atoms with E-state index in [1.165, 1.54) is 27.0 Å². The van der Waals surface area contributed by atoms with Crippen LogP contribution in [0.15, 0.2) is 18.3 Å². The molecule has 9 atom stereocenters. The van der Waals surface area contributed by atoms with Crippen molar-refractivity contribution in [2.75, 3.05) is 18.4 Å². The monoisotopic (exact) mass is 652 g/mol. The molecular weight excluding hydrogens is 619 g/mol. The molecule has 4 heterocycles. The summed E-state index contributed by atoms with van der Waals surface area (Å²) in [7, 11) is 0. The molecule has 2 aliphatic carbocycles. The lowest BCUT2D eigenvalue weighted by molar-refractivity contribution is -0.172. The number of hydrogen-bond acceptors (Lipinski definition) is 7. The first-order chi connectivity index (χ1) is 21.5. The Labute approximate surface area is 260 Å². The molecule has 46 heavy (non-hydrogen) atoms. The third-order valence-corrected chi connectivity index (χ3v) is 10.2. The zero-order valence-electron chi connectivity index (χ0n) is 25.2. The number of rotatable bonds is 5. The highest BCUT2D eigenvalue weighted by Crippen LogP contribution is 2.59. The molecule has 2 saturated heterocycles. The Kier molecular flexibility index (Phi) is 7.47. The molecular formula is C30H33F5N6O5. The van der Waals surface area contributed by atoms with Crippen LogP contribution in [0.1, 0.15) is 40.0 Å². The van der Waals surface area contributed by atoms with Gasteiger partial charge in [-0.3, -0.25) is 19.2 Å². The third-order valence-electron chi connectivity index (χ3n) is 10.2. The van der Waals surface area contributed by atoms with Gasteiger partial charge in [-0.1, -0.05) is 20.8 Å². The van der Waals surface area contributed by atoms with Crippen LogP contribution in [0.25, 0.3) is 0 Å². The lowest BCUT2D eigenvalue weighted by Crippen LogP contribution is -2.62. The number of nitriles is 1. The maximum atomic E-state index is 15.2. The minimum Gasteiger partial charge on any atom is -0.472 e. The lowest BCUT2D eigenvalue weighted by atomic mass is 9.77. The van der Waals surface area contributed by atoms with Crippen molar-refractivity contribution >= 4 is 29.4 Å². The molecule has 3 aliphatic heterocycles. The number of carbonyl (C=O) groups is 4. The number of anilines is 1. The van der Waals surface area contributed by atoms with E-state index in [2.05, 4.69) is 10.3 Å². The van der Waals surface area contributed by atoms with E-state index in [9.17, 15) is 42.0 Å². The smallest absolute Gasteiger partial charge is 0.383 e. The van der Waals surface area contributed by atoms with Crippen LogP contribution < -0.4 is 15.4 Å². The van der Waals surface area contributed by atoms with Crippen molar-refractivity contribution in [3.8, 4) is 11.8 Å². The predicted octanol–water partition coefficient (Wildman–Crippen LogP) is 2.53. The first-order valence-electron chi connectivity index (χ1n) is 15.1. The minimum absolute atomic E-state index is 0.0618. The number of nitrogens with zero attached hydrogens (tertiary/aromatic N) is 4. The number of pyridine rings is 1. The van der Waals surface area contributed by atoms with Gasteiger partial charge >= 0.3 is 12.3 Å². The summed E-state index contributed by atoms with van der Waals surface area (Å²) in [5.41, 5.74) is -2.95. The number of hydrogen-bond donors (Lipinski definition) is 2. The maximum absolute atomic E-state index is 15.2. The van der Waals surface area contributed by atoms with Crippen molar-refractivity contribution in [1.29, 1.82) is 5.26 Å². The number of nitrogens with one attached hydrogen (secondary N) is 2. The summed E-state index contributed by atoms with van der Waals surface area (Å²) in [5, 5.41) is 14.5. The van der Waals surface area contributed by atoms with Crippen LogP contribution >= 0.6 is 0 Å². The second-order valence-electron chi connectivity index (χ2n) is 14.0. The zero-order chi connectivity index (χ0) is 33.5. The minimum atomic E-state index is -5.08. The molecule has 2 N–H and O–H groups in total. The van der Waals surface area contributed by atoms with E-state index in [1.807, 2.05) is 6.07 Å². The number of likely N-dealkylation sites (tertiary alicyclic amines) is 2. The van der Waals surface area contributed by atoms with Crippen molar-refractivity contribution in [3.63, 3.8) is 0 Å². The highest BCUT2D eigenvalue weighted by molar-refractivity contribution is 6.01. The van der Waals surface area contributed by atoms with Crippen molar-refractivity contribution in [2.45, 2.75) is 82.3 Å². The predicted molar refractivity (Wildman–Crippen MR) is 148 cm³/mol. The Balaban J connectivity index is 1.34. The fourth-order valence-electron chi connectivity index (χ4n) is 8.06. The molecule has 0 radical (unpaired) electrons. The highest BCUT2D eigenvalue weighted by atomic mass is 19.3. The molecule has 5 aliphatic rings. The van der Waals surface area contributed by atoms with Crippen LogP contribution in [0.3, 0.4) is 0 Å². The van der Waals surface area contributed by atoms with Crippen LogP contribution in [-0.2, 0) is 19.2 Å². The fraction of sp³-hybridized carbons (Fsp3) is 0.667. The van der Waals surface area contributed by atoms with Crippen molar-refractivity contribution in [2.24, 2.45) is 29.1 Å². The average Bonchev–Trinajstić information content (AvgIpc) is 3.74. The van der Waals surface area contributed by atoms with Gasteiger partial charge in [-0.05, 0) is 54.1 Å². The number of fused-ring (bicyclic) bond motifs is 6. The van der Waals surface area contributed by atoms with Crippen molar-refractivity contribution in [1.82, 2.24) is 20.1 Å². The normalized spacial score (nSPS) is 33.7. The second-order valence-corrected chi connectivity index (χ2v) is 14.0. The molecule has 2 unspecified atom stereocenters. The Bertz CT molecular complexity index is 1520. The van der Waals surface area contributed by atoms with E-state index >= 15 is 4.39 Å². The molecule has 16 heteroatoms. The molecule has 1 spiro atoms. The Hall–Kier alpha value is -4.03. The summed E-state index contributed by atoms with van der Waals surface area (Å²) < 4.78 is 75.2. The standard InChI is InChI=1S/C30H33F5N6O5/c1-28(2,3)21(38-27(45)30(34,35)25(32)33)24(43)40-11-16-13-7-15(17(31)8-13)19(16)20(40)23(42)41-12-29(9-14(41)10-36)26(44)39-22-18(46-29)5-4-6-37-22/h4-6,13-17,19-21,25H,7-9,11-12H2,1-3H3,(H,38,45)(H,37,39,44)/t13-,14-,15+,16?,17+,19?,20-,21+,29+/m0/s1. The van der Waals surface area contributed by atoms with Crippen LogP contribution in [0.2, 0.25) is 0 Å². The molecule has 1 aromatic heterocycles. The largest absolute Gasteiger partial charge is 0.472 e.